The number of aromatic nitrogens is 2. The van der Waals surface area contributed by atoms with Crippen molar-refractivity contribution in [1.82, 2.24) is 15.1 Å². The van der Waals surface area contributed by atoms with E-state index in [1.54, 1.807) is 23.0 Å². The monoisotopic (exact) mass is 287 g/mol. The molecular formula is C16H21N3O2. The normalized spacial score (nSPS) is 11.4. The van der Waals surface area contributed by atoms with Gasteiger partial charge in [-0.05, 0) is 37.1 Å². The summed E-state index contributed by atoms with van der Waals surface area (Å²) >= 11 is 0. The molecule has 1 amide bonds. The summed E-state index contributed by atoms with van der Waals surface area (Å²) < 4.78 is 1.70. The smallest absolute Gasteiger partial charge is 0.251 e. The minimum atomic E-state index is -0.838. The third kappa shape index (κ3) is 3.70. The maximum atomic E-state index is 12.2. The summed E-state index contributed by atoms with van der Waals surface area (Å²) in [5, 5.41) is 17.1. The van der Waals surface area contributed by atoms with Gasteiger partial charge in [-0.2, -0.15) is 5.10 Å². The molecule has 1 aromatic heterocycles. The first-order valence-corrected chi connectivity index (χ1v) is 7.18. The zero-order chi connectivity index (χ0) is 15.3. The van der Waals surface area contributed by atoms with Crippen molar-refractivity contribution in [2.75, 3.05) is 6.54 Å². The molecule has 5 nitrogen and oxygen atoms in total. The summed E-state index contributed by atoms with van der Waals surface area (Å²) in [4.78, 5) is 12.2. The summed E-state index contributed by atoms with van der Waals surface area (Å²) in [5.74, 6) is -0.190. The van der Waals surface area contributed by atoms with Gasteiger partial charge in [0.2, 0.25) is 0 Å². The highest BCUT2D eigenvalue weighted by Gasteiger charge is 2.23. The molecule has 0 unspecified atom stereocenters. The lowest BCUT2D eigenvalue weighted by Crippen LogP contribution is -2.42. The zero-order valence-electron chi connectivity index (χ0n) is 12.4. The van der Waals surface area contributed by atoms with E-state index in [-0.39, 0.29) is 12.5 Å². The lowest BCUT2D eigenvalue weighted by molar-refractivity contribution is 0.0314. The van der Waals surface area contributed by atoms with E-state index in [0.29, 0.717) is 18.4 Å². The van der Waals surface area contributed by atoms with Gasteiger partial charge in [0.15, 0.2) is 0 Å². The van der Waals surface area contributed by atoms with E-state index < -0.39 is 5.60 Å². The van der Waals surface area contributed by atoms with Crippen molar-refractivity contribution in [3.8, 4) is 5.69 Å². The van der Waals surface area contributed by atoms with Crippen molar-refractivity contribution < 1.29 is 9.90 Å². The second kappa shape index (κ2) is 6.54. The average molecular weight is 287 g/mol. The molecule has 0 atom stereocenters. The lowest BCUT2D eigenvalue weighted by atomic mass is 9.97. The standard InChI is InChI=1S/C16H21N3O2/c1-3-16(21,4-2)12-17-15(20)13-7-5-8-14(11-13)19-10-6-9-18-19/h5-11,21H,3-4,12H2,1-2H3,(H,17,20). The van der Waals surface area contributed by atoms with Crippen LogP contribution in [-0.2, 0) is 0 Å². The predicted octanol–water partition coefficient (Wildman–Crippen LogP) is 2.15. The van der Waals surface area contributed by atoms with Crippen molar-refractivity contribution in [3.05, 3.63) is 48.3 Å². The molecule has 0 bridgehead atoms. The summed E-state index contributed by atoms with van der Waals surface area (Å²) in [6.45, 7) is 4.08. The van der Waals surface area contributed by atoms with Crippen molar-refractivity contribution >= 4 is 5.91 Å². The molecule has 5 heteroatoms. The number of benzene rings is 1. The summed E-state index contributed by atoms with van der Waals surface area (Å²) in [6.07, 6.45) is 4.73. The summed E-state index contributed by atoms with van der Waals surface area (Å²) in [6, 6.07) is 9.06. The fourth-order valence-electron chi connectivity index (χ4n) is 2.06. The Bertz CT molecular complexity index is 589. The first-order chi connectivity index (χ1) is 10.1. The van der Waals surface area contributed by atoms with Gasteiger partial charge in [0.05, 0.1) is 11.3 Å². The molecule has 1 heterocycles. The van der Waals surface area contributed by atoms with E-state index in [4.69, 9.17) is 0 Å². The molecule has 21 heavy (non-hydrogen) atoms. The van der Waals surface area contributed by atoms with Gasteiger partial charge < -0.3 is 10.4 Å². The highest BCUT2D eigenvalue weighted by Crippen LogP contribution is 2.14. The Morgan fingerprint density at radius 2 is 2.10 bits per heavy atom. The Hall–Kier alpha value is -2.14. The van der Waals surface area contributed by atoms with Crippen LogP contribution in [0.4, 0.5) is 0 Å². The molecule has 0 saturated heterocycles. The second-order valence-corrected chi connectivity index (χ2v) is 5.12. The van der Waals surface area contributed by atoms with Crippen LogP contribution in [0.3, 0.4) is 0 Å². The quantitative estimate of drug-likeness (QED) is 0.855. The van der Waals surface area contributed by atoms with Crippen LogP contribution in [0.15, 0.2) is 42.7 Å². The average Bonchev–Trinajstić information content (AvgIpc) is 3.07. The molecule has 2 N–H and O–H groups in total. The molecule has 0 spiro atoms. The fraction of sp³-hybridized carbons (Fsp3) is 0.375. The summed E-state index contributed by atoms with van der Waals surface area (Å²) in [5.41, 5.74) is 0.543. The van der Waals surface area contributed by atoms with Crippen LogP contribution in [-0.4, -0.2) is 32.9 Å². The van der Waals surface area contributed by atoms with Gasteiger partial charge in [-0.15, -0.1) is 0 Å². The minimum Gasteiger partial charge on any atom is -0.388 e. The molecule has 0 aliphatic rings. The molecule has 0 aliphatic carbocycles. The zero-order valence-corrected chi connectivity index (χ0v) is 12.4. The number of nitrogens with zero attached hydrogens (tertiary/aromatic N) is 2. The number of carbonyl (C=O) groups excluding carboxylic acids is 1. The molecule has 2 rings (SSSR count). The first-order valence-electron chi connectivity index (χ1n) is 7.18. The molecule has 0 fully saturated rings. The Balaban J connectivity index is 2.08. The highest BCUT2D eigenvalue weighted by molar-refractivity contribution is 5.94. The topological polar surface area (TPSA) is 67.2 Å². The third-order valence-electron chi connectivity index (χ3n) is 3.77. The number of aliphatic hydroxyl groups is 1. The molecule has 0 aliphatic heterocycles. The van der Waals surface area contributed by atoms with Crippen LogP contribution < -0.4 is 5.32 Å². The van der Waals surface area contributed by atoms with Crippen LogP contribution in [0.5, 0.6) is 0 Å². The number of nitrogens with one attached hydrogen (secondary N) is 1. The maximum Gasteiger partial charge on any atom is 0.251 e. The Kier molecular flexibility index (Phi) is 4.75. The number of rotatable bonds is 6. The molecule has 112 valence electrons. The van der Waals surface area contributed by atoms with Crippen LogP contribution in [0, 0.1) is 0 Å². The van der Waals surface area contributed by atoms with Crippen LogP contribution in [0.1, 0.15) is 37.0 Å². The van der Waals surface area contributed by atoms with Gasteiger partial charge in [0.25, 0.3) is 5.91 Å². The van der Waals surface area contributed by atoms with Gasteiger partial charge in [-0.3, -0.25) is 4.79 Å². The number of carbonyl (C=O) groups is 1. The van der Waals surface area contributed by atoms with E-state index in [1.807, 2.05) is 38.2 Å². The van der Waals surface area contributed by atoms with Crippen molar-refractivity contribution in [3.63, 3.8) is 0 Å². The molecule has 0 saturated carbocycles. The number of hydrogen-bond donors (Lipinski definition) is 2. The molecular weight excluding hydrogens is 266 g/mol. The lowest BCUT2D eigenvalue weighted by Gasteiger charge is -2.25. The van der Waals surface area contributed by atoms with Gasteiger partial charge in [-0.1, -0.05) is 19.9 Å². The Morgan fingerprint density at radius 3 is 2.71 bits per heavy atom. The van der Waals surface area contributed by atoms with E-state index >= 15 is 0 Å². The second-order valence-electron chi connectivity index (χ2n) is 5.12. The molecule has 0 radical (unpaired) electrons. The van der Waals surface area contributed by atoms with Crippen molar-refractivity contribution in [2.45, 2.75) is 32.3 Å². The summed E-state index contributed by atoms with van der Waals surface area (Å²) in [7, 11) is 0. The Morgan fingerprint density at radius 1 is 1.33 bits per heavy atom. The third-order valence-corrected chi connectivity index (χ3v) is 3.77. The van der Waals surface area contributed by atoms with Gasteiger partial charge in [-0.25, -0.2) is 4.68 Å². The fourth-order valence-corrected chi connectivity index (χ4v) is 2.06. The van der Waals surface area contributed by atoms with E-state index in [0.717, 1.165) is 5.69 Å². The van der Waals surface area contributed by atoms with Gasteiger partial charge >= 0.3 is 0 Å². The number of amides is 1. The van der Waals surface area contributed by atoms with E-state index in [2.05, 4.69) is 10.4 Å². The Labute approximate surface area is 124 Å². The van der Waals surface area contributed by atoms with E-state index in [1.165, 1.54) is 0 Å². The van der Waals surface area contributed by atoms with Crippen LogP contribution in [0.25, 0.3) is 5.69 Å². The minimum absolute atomic E-state index is 0.190. The SMILES string of the molecule is CCC(O)(CC)CNC(=O)c1cccc(-n2cccn2)c1. The largest absolute Gasteiger partial charge is 0.388 e. The predicted molar refractivity (Wildman–Crippen MR) is 81.4 cm³/mol. The van der Waals surface area contributed by atoms with Crippen LogP contribution >= 0.6 is 0 Å². The van der Waals surface area contributed by atoms with Crippen molar-refractivity contribution in [1.29, 1.82) is 0 Å². The highest BCUT2D eigenvalue weighted by atomic mass is 16.3. The molecule has 1 aromatic carbocycles. The van der Waals surface area contributed by atoms with Crippen molar-refractivity contribution in [2.24, 2.45) is 0 Å². The van der Waals surface area contributed by atoms with Crippen LogP contribution in [0.2, 0.25) is 0 Å². The van der Waals surface area contributed by atoms with Gasteiger partial charge in [0, 0.05) is 24.5 Å². The van der Waals surface area contributed by atoms with E-state index in [9.17, 15) is 9.90 Å². The maximum absolute atomic E-state index is 12.2. The molecule has 2 aromatic rings. The van der Waals surface area contributed by atoms with Gasteiger partial charge in [0.1, 0.15) is 0 Å². The number of hydrogen-bond acceptors (Lipinski definition) is 3. The first kappa shape index (κ1) is 15.3.